The molecule has 0 bridgehead atoms. The number of anilines is 2. The van der Waals surface area contributed by atoms with E-state index in [0.29, 0.717) is 19.0 Å². The molecule has 5 nitrogen and oxygen atoms in total. The maximum atomic E-state index is 13.7. The highest BCUT2D eigenvalue weighted by atomic mass is 19.1. The van der Waals surface area contributed by atoms with Gasteiger partial charge in [0.25, 0.3) is 0 Å². The predicted octanol–water partition coefficient (Wildman–Crippen LogP) is 1.34. The van der Waals surface area contributed by atoms with Gasteiger partial charge in [0.15, 0.2) is 23.3 Å². The second-order valence-electron chi connectivity index (χ2n) is 4.25. The van der Waals surface area contributed by atoms with Gasteiger partial charge in [-0.05, 0) is 13.3 Å². The predicted molar refractivity (Wildman–Crippen MR) is 69.1 cm³/mol. The Labute approximate surface area is 110 Å². The van der Waals surface area contributed by atoms with Crippen LogP contribution in [0.1, 0.15) is 20.3 Å². The number of hydrogen-bond donors (Lipinski definition) is 4. The summed E-state index contributed by atoms with van der Waals surface area (Å²) in [6.07, 6.45) is 0.356. The summed E-state index contributed by atoms with van der Waals surface area (Å²) in [6.45, 7) is 3.14. The molecule has 1 heterocycles. The second-order valence-corrected chi connectivity index (χ2v) is 4.25. The molecule has 0 fully saturated rings. The monoisotopic (exact) mass is 275 g/mol. The molecular weight excluding hydrogens is 256 g/mol. The van der Waals surface area contributed by atoms with E-state index in [-0.39, 0.29) is 11.6 Å². The molecule has 1 aromatic rings. The zero-order valence-electron chi connectivity index (χ0n) is 11.0. The molecule has 0 saturated heterocycles. The summed E-state index contributed by atoms with van der Waals surface area (Å²) >= 11 is 0. The summed E-state index contributed by atoms with van der Waals surface area (Å²) in [5, 5.41) is 23.9. The Morgan fingerprint density at radius 3 is 2.21 bits per heavy atom. The topological polar surface area (TPSA) is 77.4 Å². The fourth-order valence-corrected chi connectivity index (χ4v) is 1.54. The fourth-order valence-electron chi connectivity index (χ4n) is 1.54. The highest BCUT2D eigenvalue weighted by molar-refractivity contribution is 5.49. The fraction of sp³-hybridized carbons (Fsp3) is 0.583. The van der Waals surface area contributed by atoms with Crippen molar-refractivity contribution in [2.45, 2.75) is 25.8 Å². The second kappa shape index (κ2) is 6.63. The molecule has 108 valence electrons. The average molecular weight is 275 g/mol. The molecule has 1 aromatic heterocycles. The third-order valence-electron chi connectivity index (χ3n) is 2.94. The number of halogens is 2. The molecule has 0 aliphatic heterocycles. The zero-order valence-corrected chi connectivity index (χ0v) is 11.0. The molecular formula is C12H19F2N3O2. The maximum Gasteiger partial charge on any atom is 0.168 e. The molecule has 0 atom stereocenters. The summed E-state index contributed by atoms with van der Waals surface area (Å²) in [5.41, 5.74) is -1.09. The van der Waals surface area contributed by atoms with Crippen LogP contribution in [0.25, 0.3) is 0 Å². The van der Waals surface area contributed by atoms with E-state index in [0.717, 1.165) is 0 Å². The number of aliphatic hydroxyl groups is 2. The lowest BCUT2D eigenvalue weighted by atomic mass is 9.98. The smallest absolute Gasteiger partial charge is 0.168 e. The average Bonchev–Trinajstić information content (AvgIpc) is 2.41. The molecule has 0 amide bonds. The Morgan fingerprint density at radius 1 is 1.16 bits per heavy atom. The van der Waals surface area contributed by atoms with Gasteiger partial charge in [0, 0.05) is 12.6 Å². The van der Waals surface area contributed by atoms with Gasteiger partial charge in [0.05, 0.1) is 18.8 Å². The van der Waals surface area contributed by atoms with Crippen LogP contribution in [-0.4, -0.2) is 40.5 Å². The van der Waals surface area contributed by atoms with Crippen LogP contribution in [0.5, 0.6) is 0 Å². The molecule has 0 saturated carbocycles. The molecule has 1 rings (SSSR count). The maximum absolute atomic E-state index is 13.7. The summed E-state index contributed by atoms with van der Waals surface area (Å²) in [7, 11) is 0. The lowest BCUT2D eigenvalue weighted by molar-refractivity contribution is 0.132. The quantitative estimate of drug-likeness (QED) is 0.604. The van der Waals surface area contributed by atoms with Crippen molar-refractivity contribution in [2.75, 3.05) is 30.4 Å². The standard InChI is InChI=1S/C12H19F2N3O2/c1-3-12(6-18,7-19)17-11-9(14)5-8(13)10(16-11)15-4-2/h5,18-19H,3-4,6-7H2,1-2H3,(H2,15,16,17). The number of hydrogen-bond acceptors (Lipinski definition) is 5. The number of nitrogens with one attached hydrogen (secondary N) is 2. The van der Waals surface area contributed by atoms with Crippen molar-refractivity contribution in [1.29, 1.82) is 0 Å². The Morgan fingerprint density at radius 2 is 1.74 bits per heavy atom. The normalized spacial score (nSPS) is 11.5. The Balaban J connectivity index is 3.09. The van der Waals surface area contributed by atoms with Crippen LogP contribution in [0.15, 0.2) is 6.07 Å². The van der Waals surface area contributed by atoms with Crippen LogP contribution in [0.3, 0.4) is 0 Å². The lowest BCUT2D eigenvalue weighted by Gasteiger charge is -2.30. The minimum atomic E-state index is -1.09. The van der Waals surface area contributed by atoms with Gasteiger partial charge in [-0.3, -0.25) is 0 Å². The van der Waals surface area contributed by atoms with Gasteiger partial charge >= 0.3 is 0 Å². The number of nitrogens with zero attached hydrogens (tertiary/aromatic N) is 1. The van der Waals surface area contributed by atoms with Crippen LogP contribution in [0.4, 0.5) is 20.4 Å². The number of pyridine rings is 1. The van der Waals surface area contributed by atoms with Crippen LogP contribution >= 0.6 is 0 Å². The molecule has 0 aromatic carbocycles. The highest BCUT2D eigenvalue weighted by Gasteiger charge is 2.28. The van der Waals surface area contributed by atoms with E-state index in [1.165, 1.54) is 0 Å². The summed E-state index contributed by atoms with van der Waals surface area (Å²) < 4.78 is 27.1. The van der Waals surface area contributed by atoms with Crippen molar-refractivity contribution in [3.05, 3.63) is 17.7 Å². The molecule has 0 spiro atoms. The summed E-state index contributed by atoms with van der Waals surface area (Å²) in [4.78, 5) is 3.80. The zero-order chi connectivity index (χ0) is 14.5. The molecule has 0 radical (unpaired) electrons. The molecule has 0 unspecified atom stereocenters. The van der Waals surface area contributed by atoms with Crippen molar-refractivity contribution in [3.63, 3.8) is 0 Å². The first-order valence-corrected chi connectivity index (χ1v) is 6.11. The van der Waals surface area contributed by atoms with Crippen molar-refractivity contribution in [3.8, 4) is 0 Å². The number of aromatic nitrogens is 1. The van der Waals surface area contributed by atoms with Crippen LogP contribution < -0.4 is 10.6 Å². The van der Waals surface area contributed by atoms with Crippen LogP contribution in [-0.2, 0) is 0 Å². The molecule has 4 N–H and O–H groups in total. The molecule has 7 heteroatoms. The van der Waals surface area contributed by atoms with Crippen molar-refractivity contribution in [2.24, 2.45) is 0 Å². The van der Waals surface area contributed by atoms with Crippen molar-refractivity contribution < 1.29 is 19.0 Å². The van der Waals surface area contributed by atoms with E-state index < -0.39 is 30.4 Å². The number of rotatable bonds is 7. The molecule has 0 aliphatic carbocycles. The minimum Gasteiger partial charge on any atom is -0.394 e. The Hall–Kier alpha value is -1.47. The van der Waals surface area contributed by atoms with Gasteiger partial charge in [0.1, 0.15) is 0 Å². The highest BCUT2D eigenvalue weighted by Crippen LogP contribution is 2.23. The summed E-state index contributed by atoms with van der Waals surface area (Å²) in [6, 6.07) is 0.711. The Kier molecular flexibility index (Phi) is 5.44. The van der Waals surface area contributed by atoms with Gasteiger partial charge in [0.2, 0.25) is 0 Å². The third-order valence-corrected chi connectivity index (χ3v) is 2.94. The van der Waals surface area contributed by atoms with Gasteiger partial charge in [-0.25, -0.2) is 13.8 Å². The van der Waals surface area contributed by atoms with E-state index >= 15 is 0 Å². The lowest BCUT2D eigenvalue weighted by Crippen LogP contribution is -2.45. The van der Waals surface area contributed by atoms with Crippen LogP contribution in [0, 0.1) is 11.6 Å². The molecule has 19 heavy (non-hydrogen) atoms. The third kappa shape index (κ3) is 3.51. The van der Waals surface area contributed by atoms with Gasteiger partial charge in [-0.15, -0.1) is 0 Å². The first-order chi connectivity index (χ1) is 9.01. The van der Waals surface area contributed by atoms with Gasteiger partial charge in [-0.2, -0.15) is 0 Å². The van der Waals surface area contributed by atoms with E-state index in [9.17, 15) is 19.0 Å². The van der Waals surface area contributed by atoms with E-state index in [1.54, 1.807) is 13.8 Å². The van der Waals surface area contributed by atoms with E-state index in [2.05, 4.69) is 15.6 Å². The summed E-state index contributed by atoms with van der Waals surface area (Å²) in [5.74, 6) is -1.95. The van der Waals surface area contributed by atoms with Crippen molar-refractivity contribution in [1.82, 2.24) is 4.98 Å². The SMILES string of the molecule is CCNc1nc(NC(CC)(CO)CO)c(F)cc1F. The number of aliphatic hydroxyl groups excluding tert-OH is 2. The first-order valence-electron chi connectivity index (χ1n) is 6.11. The van der Waals surface area contributed by atoms with Gasteiger partial charge in [-0.1, -0.05) is 6.92 Å². The van der Waals surface area contributed by atoms with E-state index in [1.807, 2.05) is 0 Å². The minimum absolute atomic E-state index is 0.0766. The van der Waals surface area contributed by atoms with E-state index in [4.69, 9.17) is 0 Å². The largest absolute Gasteiger partial charge is 0.394 e. The van der Waals surface area contributed by atoms with Gasteiger partial charge < -0.3 is 20.8 Å². The van der Waals surface area contributed by atoms with Crippen molar-refractivity contribution >= 4 is 11.6 Å². The van der Waals surface area contributed by atoms with Crippen LogP contribution in [0.2, 0.25) is 0 Å². The Bertz CT molecular complexity index is 417. The first kappa shape index (κ1) is 15.6. The molecule has 0 aliphatic rings.